The monoisotopic (exact) mass is 421 g/mol. The molecule has 0 radical (unpaired) electrons. The molecule has 150 valence electrons. The van der Waals surface area contributed by atoms with Gasteiger partial charge in [0.1, 0.15) is 0 Å². The Morgan fingerprint density at radius 2 is 1.54 bits per heavy atom. The van der Waals surface area contributed by atoms with Gasteiger partial charge in [0.15, 0.2) is 0 Å². The van der Waals surface area contributed by atoms with Crippen molar-refractivity contribution in [2.75, 3.05) is 33.2 Å². The van der Waals surface area contributed by atoms with E-state index in [1.165, 1.54) is 0 Å². The van der Waals surface area contributed by atoms with Gasteiger partial charge >= 0.3 is 0 Å². The highest BCUT2D eigenvalue weighted by Gasteiger charge is 2.25. The molecule has 0 spiro atoms. The van der Waals surface area contributed by atoms with Crippen LogP contribution in [0.3, 0.4) is 0 Å². The van der Waals surface area contributed by atoms with E-state index in [2.05, 4.69) is 10.2 Å². The summed E-state index contributed by atoms with van der Waals surface area (Å²) in [5.74, 6) is -0.257. The van der Waals surface area contributed by atoms with Gasteiger partial charge in [-0.2, -0.15) is 4.31 Å². The highest BCUT2D eigenvalue weighted by Crippen LogP contribution is 2.14. The van der Waals surface area contributed by atoms with Crippen molar-refractivity contribution in [2.45, 2.75) is 12.3 Å². The summed E-state index contributed by atoms with van der Waals surface area (Å²) in [6.45, 7) is 2.92. The molecule has 0 unspecified atom stereocenters. The number of nitrogens with zero attached hydrogens (tertiary/aromatic N) is 2. The van der Waals surface area contributed by atoms with Gasteiger partial charge in [-0.25, -0.2) is 8.42 Å². The second kappa shape index (κ2) is 9.05. The van der Waals surface area contributed by atoms with Gasteiger partial charge < -0.3 is 10.2 Å². The van der Waals surface area contributed by atoms with E-state index in [0.29, 0.717) is 35.8 Å². The molecule has 8 heteroatoms. The van der Waals surface area contributed by atoms with Gasteiger partial charge in [0.2, 0.25) is 10.0 Å². The Balaban J connectivity index is 1.56. The lowest BCUT2D eigenvalue weighted by atomic mass is 10.1. The van der Waals surface area contributed by atoms with E-state index in [9.17, 15) is 13.2 Å². The van der Waals surface area contributed by atoms with E-state index >= 15 is 0 Å². The zero-order valence-electron chi connectivity index (χ0n) is 15.8. The zero-order valence-corrected chi connectivity index (χ0v) is 17.3. The standard InChI is InChI=1S/C20H24ClN3O3S/c1-23-10-12-24(13-11-23)28(26,27)15-17-2-6-18(7-3-17)20(25)22-14-16-4-8-19(21)9-5-16/h2-9H,10-15H2,1H3,(H,22,25). The Morgan fingerprint density at radius 3 is 2.14 bits per heavy atom. The van der Waals surface area contributed by atoms with E-state index in [1.54, 1.807) is 40.7 Å². The van der Waals surface area contributed by atoms with Crippen LogP contribution in [0.2, 0.25) is 5.02 Å². The molecule has 1 N–H and O–H groups in total. The fourth-order valence-corrected chi connectivity index (χ4v) is 4.65. The number of piperazine rings is 1. The first-order valence-corrected chi connectivity index (χ1v) is 11.1. The Labute approximate surface area is 171 Å². The second-order valence-corrected chi connectivity index (χ2v) is 9.37. The molecule has 1 heterocycles. The number of hydrogen-bond acceptors (Lipinski definition) is 4. The van der Waals surface area contributed by atoms with Gasteiger partial charge in [0, 0.05) is 43.3 Å². The van der Waals surface area contributed by atoms with E-state index in [-0.39, 0.29) is 11.7 Å². The number of halogens is 1. The smallest absolute Gasteiger partial charge is 0.251 e. The van der Waals surface area contributed by atoms with Gasteiger partial charge in [-0.3, -0.25) is 4.79 Å². The van der Waals surface area contributed by atoms with Crippen LogP contribution in [-0.4, -0.2) is 56.8 Å². The number of nitrogens with one attached hydrogen (secondary N) is 1. The first kappa shape index (κ1) is 20.8. The molecule has 1 fully saturated rings. The molecule has 0 aliphatic carbocycles. The molecule has 1 aliphatic rings. The van der Waals surface area contributed by atoms with Crippen LogP contribution in [0.15, 0.2) is 48.5 Å². The highest BCUT2D eigenvalue weighted by atomic mass is 35.5. The first-order valence-electron chi connectivity index (χ1n) is 9.11. The van der Waals surface area contributed by atoms with Crippen LogP contribution in [0.25, 0.3) is 0 Å². The minimum atomic E-state index is -3.35. The van der Waals surface area contributed by atoms with Gasteiger partial charge in [-0.05, 0) is 42.4 Å². The summed E-state index contributed by atoms with van der Waals surface area (Å²) in [5.41, 5.74) is 2.12. The molecule has 1 aliphatic heterocycles. The molecule has 0 saturated carbocycles. The van der Waals surface area contributed by atoms with Crippen molar-refractivity contribution >= 4 is 27.5 Å². The maximum atomic E-state index is 12.6. The van der Waals surface area contributed by atoms with Gasteiger partial charge in [0.05, 0.1) is 5.75 Å². The van der Waals surface area contributed by atoms with E-state index in [4.69, 9.17) is 11.6 Å². The molecule has 3 rings (SSSR count). The van der Waals surface area contributed by atoms with Crippen LogP contribution in [-0.2, 0) is 22.3 Å². The highest BCUT2D eigenvalue weighted by molar-refractivity contribution is 7.88. The summed E-state index contributed by atoms with van der Waals surface area (Å²) in [6.07, 6.45) is 0. The number of hydrogen-bond donors (Lipinski definition) is 1. The van der Waals surface area contributed by atoms with Crippen LogP contribution in [0.5, 0.6) is 0 Å². The molecule has 0 atom stereocenters. The van der Waals surface area contributed by atoms with Crippen LogP contribution >= 0.6 is 11.6 Å². The van der Waals surface area contributed by atoms with Crippen molar-refractivity contribution in [1.29, 1.82) is 0 Å². The number of carbonyl (C=O) groups is 1. The third-order valence-corrected chi connectivity index (χ3v) is 6.89. The minimum Gasteiger partial charge on any atom is -0.348 e. The van der Waals surface area contributed by atoms with Crippen LogP contribution < -0.4 is 5.32 Å². The van der Waals surface area contributed by atoms with Crippen molar-refractivity contribution in [3.63, 3.8) is 0 Å². The lowest BCUT2D eigenvalue weighted by Crippen LogP contribution is -2.47. The second-order valence-electron chi connectivity index (χ2n) is 6.96. The maximum Gasteiger partial charge on any atom is 0.251 e. The summed E-state index contributed by atoms with van der Waals surface area (Å²) >= 11 is 5.85. The van der Waals surface area contributed by atoms with Crippen LogP contribution in [0.4, 0.5) is 0 Å². The average Bonchev–Trinajstić information content (AvgIpc) is 2.68. The molecule has 0 aromatic heterocycles. The quantitative estimate of drug-likeness (QED) is 0.777. The fourth-order valence-electron chi connectivity index (χ4n) is 3.01. The molecule has 1 saturated heterocycles. The SMILES string of the molecule is CN1CCN(S(=O)(=O)Cc2ccc(C(=O)NCc3ccc(Cl)cc3)cc2)CC1. The van der Waals surface area contributed by atoms with Crippen LogP contribution in [0, 0.1) is 0 Å². The van der Waals surface area contributed by atoms with Crippen molar-refractivity contribution in [2.24, 2.45) is 0 Å². The van der Waals surface area contributed by atoms with Crippen molar-refractivity contribution in [3.05, 3.63) is 70.2 Å². The lowest BCUT2D eigenvalue weighted by Gasteiger charge is -2.31. The average molecular weight is 422 g/mol. The summed E-state index contributed by atoms with van der Waals surface area (Å²) in [4.78, 5) is 14.4. The van der Waals surface area contributed by atoms with Gasteiger partial charge in [-0.1, -0.05) is 35.9 Å². The minimum absolute atomic E-state index is 0.0522. The van der Waals surface area contributed by atoms with Crippen molar-refractivity contribution in [1.82, 2.24) is 14.5 Å². The molecule has 0 bridgehead atoms. The molecule has 1 amide bonds. The summed E-state index contributed by atoms with van der Waals surface area (Å²) in [6, 6.07) is 14.0. The molecular weight excluding hydrogens is 398 g/mol. The molecule has 2 aromatic rings. The molecule has 28 heavy (non-hydrogen) atoms. The Hall–Kier alpha value is -1.93. The molecule has 6 nitrogen and oxygen atoms in total. The van der Waals surface area contributed by atoms with Gasteiger partial charge in [0.25, 0.3) is 5.91 Å². The number of benzene rings is 2. The van der Waals surface area contributed by atoms with Crippen LogP contribution in [0.1, 0.15) is 21.5 Å². The lowest BCUT2D eigenvalue weighted by molar-refractivity contribution is 0.0951. The molecule has 2 aromatic carbocycles. The summed E-state index contributed by atoms with van der Waals surface area (Å²) in [7, 11) is -1.36. The number of amides is 1. The number of rotatable bonds is 6. The predicted molar refractivity (Wildman–Crippen MR) is 111 cm³/mol. The third-order valence-electron chi connectivity index (χ3n) is 4.79. The number of likely N-dealkylation sites (N-methyl/N-ethyl adjacent to an activating group) is 1. The van der Waals surface area contributed by atoms with Crippen molar-refractivity contribution < 1.29 is 13.2 Å². The Morgan fingerprint density at radius 1 is 0.964 bits per heavy atom. The predicted octanol–water partition coefficient (Wildman–Crippen LogP) is 2.35. The van der Waals surface area contributed by atoms with Crippen molar-refractivity contribution in [3.8, 4) is 0 Å². The van der Waals surface area contributed by atoms with E-state index in [0.717, 1.165) is 18.7 Å². The Bertz CT molecular complexity index is 907. The Kier molecular flexibility index (Phi) is 6.72. The van der Waals surface area contributed by atoms with E-state index in [1.807, 2.05) is 19.2 Å². The third kappa shape index (κ3) is 5.54. The van der Waals surface area contributed by atoms with Gasteiger partial charge in [-0.15, -0.1) is 0 Å². The summed E-state index contributed by atoms with van der Waals surface area (Å²) in [5, 5.41) is 3.50. The zero-order chi connectivity index (χ0) is 20.1. The number of carbonyl (C=O) groups excluding carboxylic acids is 1. The van der Waals surface area contributed by atoms with E-state index < -0.39 is 10.0 Å². The maximum absolute atomic E-state index is 12.6. The summed E-state index contributed by atoms with van der Waals surface area (Å²) < 4.78 is 26.7. The fraction of sp³-hybridized carbons (Fsp3) is 0.350. The topological polar surface area (TPSA) is 69.7 Å². The largest absolute Gasteiger partial charge is 0.348 e. The number of sulfonamides is 1. The molecular formula is C20H24ClN3O3S. The first-order chi connectivity index (χ1) is 13.3. The normalized spacial score (nSPS) is 16.1.